The van der Waals surface area contributed by atoms with Gasteiger partial charge in [-0.15, -0.1) is 0 Å². The molecule has 0 heterocycles. The highest BCUT2D eigenvalue weighted by molar-refractivity contribution is 9.10. The highest BCUT2D eigenvalue weighted by Gasteiger charge is 2.19. The minimum Gasteiger partial charge on any atom is -0.496 e. The van der Waals surface area contributed by atoms with Gasteiger partial charge in [0, 0.05) is 5.56 Å². The molecule has 120 valence electrons. The molecule has 2 aromatic rings. The molecule has 0 aromatic heterocycles. The van der Waals surface area contributed by atoms with E-state index in [1.807, 2.05) is 44.2 Å². The first-order chi connectivity index (χ1) is 10.9. The third-order valence-electron chi connectivity index (χ3n) is 3.54. The van der Waals surface area contributed by atoms with Crippen LogP contribution >= 0.6 is 15.9 Å². The number of rotatable bonds is 5. The first-order valence-corrected chi connectivity index (χ1v) is 7.97. The number of aryl methyl sites for hydroxylation is 1. The molecule has 2 rings (SSSR count). The van der Waals surface area contributed by atoms with E-state index < -0.39 is 11.7 Å². The lowest BCUT2D eigenvalue weighted by atomic mass is 10.1. The van der Waals surface area contributed by atoms with E-state index in [0.717, 1.165) is 15.6 Å². The molecule has 1 atom stereocenters. The van der Waals surface area contributed by atoms with Gasteiger partial charge in [0.05, 0.1) is 17.6 Å². The summed E-state index contributed by atoms with van der Waals surface area (Å²) < 4.78 is 5.97. The van der Waals surface area contributed by atoms with E-state index in [2.05, 4.69) is 21.2 Å². The standard InChI is InChI=1S/C18H18BrNO3/c1-11-4-6-13(7-5-11)17(21)18(22)20-12(2)14-8-9-16(23-3)15(19)10-14/h4-10,12H,1-3H3,(H,20,22). The minimum atomic E-state index is -0.617. The number of ether oxygens (including phenoxy) is 1. The summed E-state index contributed by atoms with van der Waals surface area (Å²) in [6.07, 6.45) is 0. The van der Waals surface area contributed by atoms with E-state index in [4.69, 9.17) is 4.74 Å². The number of hydrogen-bond acceptors (Lipinski definition) is 3. The summed E-state index contributed by atoms with van der Waals surface area (Å²) in [5.74, 6) is -0.444. The van der Waals surface area contributed by atoms with Gasteiger partial charge in [0.2, 0.25) is 5.78 Å². The number of carbonyl (C=O) groups excluding carboxylic acids is 2. The Hall–Kier alpha value is -2.14. The fourth-order valence-corrected chi connectivity index (χ4v) is 2.69. The molecule has 1 N–H and O–H groups in total. The molecule has 2 aromatic carbocycles. The van der Waals surface area contributed by atoms with Crippen LogP contribution < -0.4 is 10.1 Å². The van der Waals surface area contributed by atoms with Crippen molar-refractivity contribution in [3.63, 3.8) is 0 Å². The quantitative estimate of drug-likeness (QED) is 0.638. The van der Waals surface area contributed by atoms with Crippen molar-refractivity contribution in [3.8, 4) is 5.75 Å². The van der Waals surface area contributed by atoms with Crippen LogP contribution in [-0.4, -0.2) is 18.8 Å². The van der Waals surface area contributed by atoms with Gasteiger partial charge in [-0.05, 0) is 47.5 Å². The van der Waals surface area contributed by atoms with Gasteiger partial charge in [-0.3, -0.25) is 9.59 Å². The Morgan fingerprint density at radius 1 is 1.13 bits per heavy atom. The molecule has 23 heavy (non-hydrogen) atoms. The summed E-state index contributed by atoms with van der Waals surface area (Å²) in [7, 11) is 1.59. The van der Waals surface area contributed by atoms with Gasteiger partial charge < -0.3 is 10.1 Å². The van der Waals surface area contributed by atoms with E-state index in [1.165, 1.54) is 0 Å². The summed E-state index contributed by atoms with van der Waals surface area (Å²) in [6.45, 7) is 3.76. The lowest BCUT2D eigenvalue weighted by molar-refractivity contribution is -0.117. The smallest absolute Gasteiger partial charge is 0.292 e. The SMILES string of the molecule is COc1ccc(C(C)NC(=O)C(=O)c2ccc(C)cc2)cc1Br. The predicted octanol–water partition coefficient (Wildman–Crippen LogP) is 3.83. The molecule has 1 unspecified atom stereocenters. The molecule has 0 saturated heterocycles. The summed E-state index contributed by atoms with van der Waals surface area (Å²) in [4.78, 5) is 24.3. The van der Waals surface area contributed by atoms with Crippen molar-refractivity contribution in [1.29, 1.82) is 0 Å². The van der Waals surface area contributed by atoms with Gasteiger partial charge in [-0.1, -0.05) is 35.9 Å². The number of methoxy groups -OCH3 is 1. The van der Waals surface area contributed by atoms with E-state index in [0.29, 0.717) is 11.3 Å². The van der Waals surface area contributed by atoms with Crippen molar-refractivity contribution in [3.05, 3.63) is 63.6 Å². The maximum absolute atomic E-state index is 12.1. The topological polar surface area (TPSA) is 55.4 Å². The van der Waals surface area contributed by atoms with Gasteiger partial charge >= 0.3 is 0 Å². The van der Waals surface area contributed by atoms with Crippen molar-refractivity contribution in [1.82, 2.24) is 5.32 Å². The zero-order chi connectivity index (χ0) is 17.0. The third-order valence-corrected chi connectivity index (χ3v) is 4.16. The number of ketones is 1. The number of Topliss-reactive ketones (excluding diaryl/α,β-unsaturated/α-hetero) is 1. The molecule has 4 nitrogen and oxygen atoms in total. The van der Waals surface area contributed by atoms with Crippen LogP contribution in [0.25, 0.3) is 0 Å². The molecule has 0 radical (unpaired) electrons. The van der Waals surface area contributed by atoms with E-state index in [1.54, 1.807) is 19.2 Å². The van der Waals surface area contributed by atoms with Crippen LogP contribution in [0.3, 0.4) is 0 Å². The molecule has 0 spiro atoms. The van der Waals surface area contributed by atoms with Crippen molar-refractivity contribution >= 4 is 27.6 Å². The van der Waals surface area contributed by atoms with Crippen LogP contribution in [-0.2, 0) is 4.79 Å². The molecule has 0 aliphatic carbocycles. The Balaban J connectivity index is 2.08. The highest BCUT2D eigenvalue weighted by atomic mass is 79.9. The van der Waals surface area contributed by atoms with Gasteiger partial charge in [0.1, 0.15) is 5.75 Å². The molecule has 0 saturated carbocycles. The maximum atomic E-state index is 12.1. The first kappa shape index (κ1) is 17.2. The van der Waals surface area contributed by atoms with E-state index in [-0.39, 0.29) is 6.04 Å². The fraction of sp³-hybridized carbons (Fsp3) is 0.222. The second-order valence-electron chi connectivity index (χ2n) is 5.28. The van der Waals surface area contributed by atoms with Crippen LogP contribution in [0.1, 0.15) is 34.5 Å². The number of carbonyl (C=O) groups is 2. The Kier molecular flexibility index (Phi) is 5.55. The molecule has 1 amide bonds. The van der Waals surface area contributed by atoms with Crippen molar-refractivity contribution < 1.29 is 14.3 Å². The Bertz CT molecular complexity index is 726. The maximum Gasteiger partial charge on any atom is 0.292 e. The van der Waals surface area contributed by atoms with E-state index in [9.17, 15) is 9.59 Å². The molecule has 5 heteroatoms. The number of hydrogen-bond donors (Lipinski definition) is 1. The predicted molar refractivity (Wildman–Crippen MR) is 92.8 cm³/mol. The first-order valence-electron chi connectivity index (χ1n) is 7.17. The lowest BCUT2D eigenvalue weighted by Gasteiger charge is -2.15. The zero-order valence-corrected chi connectivity index (χ0v) is 14.8. The lowest BCUT2D eigenvalue weighted by Crippen LogP contribution is -2.33. The number of halogens is 1. The van der Waals surface area contributed by atoms with Crippen molar-refractivity contribution in [2.75, 3.05) is 7.11 Å². The average Bonchev–Trinajstić information content (AvgIpc) is 2.54. The number of nitrogens with one attached hydrogen (secondary N) is 1. The van der Waals surface area contributed by atoms with Gasteiger partial charge in [0.25, 0.3) is 5.91 Å². The summed E-state index contributed by atoms with van der Waals surface area (Å²) >= 11 is 3.41. The second kappa shape index (κ2) is 7.42. The van der Waals surface area contributed by atoms with Crippen LogP contribution in [0.2, 0.25) is 0 Å². The monoisotopic (exact) mass is 375 g/mol. The van der Waals surface area contributed by atoms with Crippen LogP contribution in [0.5, 0.6) is 5.75 Å². The largest absolute Gasteiger partial charge is 0.496 e. The summed E-state index contributed by atoms with van der Waals surface area (Å²) in [5, 5.41) is 2.72. The normalized spacial score (nSPS) is 11.7. The fourth-order valence-electron chi connectivity index (χ4n) is 2.13. The highest BCUT2D eigenvalue weighted by Crippen LogP contribution is 2.28. The van der Waals surface area contributed by atoms with Crippen LogP contribution in [0.4, 0.5) is 0 Å². The Morgan fingerprint density at radius 3 is 2.35 bits per heavy atom. The molecular formula is C18H18BrNO3. The molecular weight excluding hydrogens is 358 g/mol. The number of amides is 1. The van der Waals surface area contributed by atoms with Gasteiger partial charge in [-0.2, -0.15) is 0 Å². The molecule has 0 fully saturated rings. The third kappa shape index (κ3) is 4.20. The molecule has 0 aliphatic heterocycles. The van der Waals surface area contributed by atoms with Crippen LogP contribution in [0.15, 0.2) is 46.9 Å². The molecule has 0 bridgehead atoms. The van der Waals surface area contributed by atoms with Gasteiger partial charge in [-0.25, -0.2) is 0 Å². The number of benzene rings is 2. The van der Waals surface area contributed by atoms with Gasteiger partial charge in [0.15, 0.2) is 0 Å². The summed E-state index contributed by atoms with van der Waals surface area (Å²) in [5.41, 5.74) is 2.30. The average molecular weight is 376 g/mol. The second-order valence-corrected chi connectivity index (χ2v) is 6.14. The summed E-state index contributed by atoms with van der Waals surface area (Å²) in [6, 6.07) is 12.2. The minimum absolute atomic E-state index is 0.292. The Labute approximate surface area is 144 Å². The Morgan fingerprint density at radius 2 is 1.78 bits per heavy atom. The molecule has 0 aliphatic rings. The van der Waals surface area contributed by atoms with Crippen LogP contribution in [0, 0.1) is 6.92 Å². The van der Waals surface area contributed by atoms with Crippen molar-refractivity contribution in [2.45, 2.75) is 19.9 Å². The zero-order valence-electron chi connectivity index (χ0n) is 13.2. The van der Waals surface area contributed by atoms with E-state index >= 15 is 0 Å². The van der Waals surface area contributed by atoms with Crippen molar-refractivity contribution in [2.24, 2.45) is 0 Å².